The average Bonchev–Trinajstić information content (AvgIpc) is 2.65. The number of benzene rings is 1. The molecule has 0 bridgehead atoms. The molecule has 0 saturated carbocycles. The lowest BCUT2D eigenvalue weighted by Crippen LogP contribution is -2.12. The Morgan fingerprint density at radius 3 is 2.39 bits per heavy atom. The van der Waals surface area contributed by atoms with Crippen molar-refractivity contribution in [2.75, 3.05) is 7.11 Å². The molecule has 1 aliphatic rings. The zero-order valence-electron chi connectivity index (χ0n) is 9.45. The quantitative estimate of drug-likeness (QED) is 0.814. The Balaban J connectivity index is 2.62. The van der Waals surface area contributed by atoms with E-state index in [1.807, 2.05) is 0 Å². The van der Waals surface area contributed by atoms with Crippen LogP contribution in [0.2, 0.25) is 0 Å². The van der Waals surface area contributed by atoms with E-state index in [0.29, 0.717) is 5.56 Å². The van der Waals surface area contributed by atoms with Crippen LogP contribution in [-0.2, 0) is 19.4 Å². The summed E-state index contributed by atoms with van der Waals surface area (Å²) in [5.41, 5.74) is 0.785. The second-order valence-electron chi connectivity index (χ2n) is 3.63. The van der Waals surface area contributed by atoms with Crippen molar-refractivity contribution in [3.8, 4) is 5.75 Å². The summed E-state index contributed by atoms with van der Waals surface area (Å²) in [5, 5.41) is 10.1. The van der Waals surface area contributed by atoms with Crippen LogP contribution < -0.4 is 0 Å². The van der Waals surface area contributed by atoms with Crippen LogP contribution in [0.4, 0.5) is 0 Å². The van der Waals surface area contributed by atoms with E-state index in [1.54, 1.807) is 0 Å². The molecule has 0 spiro atoms. The van der Waals surface area contributed by atoms with E-state index in [2.05, 4.69) is 4.74 Å². The van der Waals surface area contributed by atoms with Crippen LogP contribution in [0.25, 0.3) is 5.57 Å². The van der Waals surface area contributed by atoms with Gasteiger partial charge in [-0.15, -0.1) is 0 Å². The summed E-state index contributed by atoms with van der Waals surface area (Å²) in [6.07, 6.45) is 1.34. The summed E-state index contributed by atoms with van der Waals surface area (Å²) in [6, 6.07) is 5.88. The summed E-state index contributed by atoms with van der Waals surface area (Å²) in [5.74, 6) is -0.841. The predicted molar refractivity (Wildman–Crippen MR) is 65.1 cm³/mol. The molecule has 6 heteroatoms. The maximum absolute atomic E-state index is 11.7. The monoisotopic (exact) mass is 266 g/mol. The standard InChI is InChI=1S/C12H10O5S/c1-17-12(14)11-10(6-7-18(11,15)16)8-2-4-9(13)5-3-8/h2-7,13H,1H3. The van der Waals surface area contributed by atoms with Crippen molar-refractivity contribution in [3.05, 3.63) is 46.2 Å². The van der Waals surface area contributed by atoms with Crippen LogP contribution in [0.1, 0.15) is 5.56 Å². The number of ether oxygens (including phenoxy) is 1. The Hall–Kier alpha value is -2.08. The minimum Gasteiger partial charge on any atom is -0.508 e. The minimum absolute atomic E-state index is 0.0591. The van der Waals surface area contributed by atoms with Crippen molar-refractivity contribution in [3.63, 3.8) is 0 Å². The average molecular weight is 266 g/mol. The molecule has 1 aromatic rings. The number of methoxy groups -OCH3 is 1. The molecular weight excluding hydrogens is 256 g/mol. The molecular formula is C12H10O5S. The number of carbonyl (C=O) groups excluding carboxylic acids is 1. The normalized spacial score (nSPS) is 16.9. The molecule has 0 aliphatic carbocycles. The highest BCUT2D eigenvalue weighted by atomic mass is 32.2. The van der Waals surface area contributed by atoms with Crippen molar-refractivity contribution < 1.29 is 23.1 Å². The van der Waals surface area contributed by atoms with E-state index < -0.39 is 15.8 Å². The Morgan fingerprint density at radius 1 is 1.22 bits per heavy atom. The van der Waals surface area contributed by atoms with Crippen LogP contribution >= 0.6 is 0 Å². The molecule has 1 N–H and O–H groups in total. The zero-order chi connectivity index (χ0) is 13.3. The Kier molecular flexibility index (Phi) is 2.96. The molecule has 0 radical (unpaired) electrons. The van der Waals surface area contributed by atoms with Gasteiger partial charge in [0, 0.05) is 11.0 Å². The first-order valence-electron chi connectivity index (χ1n) is 5.01. The first-order chi connectivity index (χ1) is 8.45. The Labute approximate surface area is 104 Å². The number of hydrogen-bond donors (Lipinski definition) is 1. The van der Waals surface area contributed by atoms with Gasteiger partial charge in [-0.05, 0) is 23.8 Å². The van der Waals surface area contributed by atoms with Gasteiger partial charge in [0.25, 0.3) is 0 Å². The van der Waals surface area contributed by atoms with E-state index in [4.69, 9.17) is 0 Å². The highest BCUT2D eigenvalue weighted by Crippen LogP contribution is 2.32. The maximum atomic E-state index is 11.7. The maximum Gasteiger partial charge on any atom is 0.350 e. The molecule has 1 heterocycles. The molecule has 0 unspecified atom stereocenters. The number of phenols is 1. The number of rotatable bonds is 2. The summed E-state index contributed by atoms with van der Waals surface area (Å²) in [4.78, 5) is 11.2. The lowest BCUT2D eigenvalue weighted by Gasteiger charge is -2.05. The molecule has 94 valence electrons. The number of allylic oxidation sites excluding steroid dienone is 2. The zero-order valence-corrected chi connectivity index (χ0v) is 10.3. The van der Waals surface area contributed by atoms with Gasteiger partial charge in [-0.3, -0.25) is 0 Å². The first kappa shape index (κ1) is 12.4. The third kappa shape index (κ3) is 2.02. The van der Waals surface area contributed by atoms with Gasteiger partial charge in [-0.25, -0.2) is 13.2 Å². The van der Waals surface area contributed by atoms with Gasteiger partial charge in [-0.1, -0.05) is 12.1 Å². The molecule has 0 fully saturated rings. The number of aromatic hydroxyl groups is 1. The first-order valence-corrected chi connectivity index (χ1v) is 6.55. The van der Waals surface area contributed by atoms with Gasteiger partial charge in [0.15, 0.2) is 4.91 Å². The largest absolute Gasteiger partial charge is 0.508 e. The predicted octanol–water partition coefficient (Wildman–Crippen LogP) is 1.22. The molecule has 2 rings (SSSR count). The second-order valence-corrected chi connectivity index (χ2v) is 5.40. The molecule has 1 aliphatic heterocycles. The molecule has 0 amide bonds. The second kappa shape index (κ2) is 4.30. The fraction of sp³-hybridized carbons (Fsp3) is 0.0833. The summed E-state index contributed by atoms with van der Waals surface area (Å²) in [6.45, 7) is 0. The van der Waals surface area contributed by atoms with Crippen LogP contribution in [0.3, 0.4) is 0 Å². The number of phenolic OH excluding ortho intramolecular Hbond substituents is 1. The van der Waals surface area contributed by atoms with E-state index in [9.17, 15) is 18.3 Å². The van der Waals surface area contributed by atoms with Gasteiger partial charge < -0.3 is 9.84 Å². The van der Waals surface area contributed by atoms with E-state index in [0.717, 1.165) is 12.5 Å². The summed E-state index contributed by atoms with van der Waals surface area (Å²) >= 11 is 0. The third-order valence-electron chi connectivity index (χ3n) is 2.49. The van der Waals surface area contributed by atoms with Crippen LogP contribution in [0, 0.1) is 0 Å². The number of hydrogen-bond acceptors (Lipinski definition) is 5. The third-order valence-corrected chi connectivity index (χ3v) is 3.94. The van der Waals surface area contributed by atoms with Crippen molar-refractivity contribution in [1.29, 1.82) is 0 Å². The highest BCUT2D eigenvalue weighted by molar-refractivity contribution is 7.99. The topological polar surface area (TPSA) is 80.7 Å². The Bertz CT molecular complexity index is 650. The lowest BCUT2D eigenvalue weighted by atomic mass is 10.1. The van der Waals surface area contributed by atoms with Crippen LogP contribution in [0.5, 0.6) is 5.75 Å². The fourth-order valence-electron chi connectivity index (χ4n) is 1.64. The minimum atomic E-state index is -3.74. The molecule has 1 aromatic carbocycles. The van der Waals surface area contributed by atoms with E-state index in [1.165, 1.54) is 30.3 Å². The SMILES string of the molecule is COC(=O)C1=C(c2ccc(O)cc2)C=CS1(=O)=O. The number of sulfone groups is 1. The van der Waals surface area contributed by atoms with E-state index in [-0.39, 0.29) is 16.2 Å². The molecule has 5 nitrogen and oxygen atoms in total. The summed E-state index contributed by atoms with van der Waals surface area (Å²) in [7, 11) is -2.62. The number of carbonyl (C=O) groups is 1. The fourth-order valence-corrected chi connectivity index (χ4v) is 2.90. The van der Waals surface area contributed by atoms with Gasteiger partial charge >= 0.3 is 5.97 Å². The Morgan fingerprint density at radius 2 is 1.83 bits per heavy atom. The van der Waals surface area contributed by atoms with Crippen molar-refractivity contribution in [2.45, 2.75) is 0 Å². The van der Waals surface area contributed by atoms with Gasteiger partial charge in [-0.2, -0.15) is 0 Å². The van der Waals surface area contributed by atoms with Crippen molar-refractivity contribution >= 4 is 21.4 Å². The van der Waals surface area contributed by atoms with Gasteiger partial charge in [0.05, 0.1) is 7.11 Å². The molecule has 0 atom stereocenters. The lowest BCUT2D eigenvalue weighted by molar-refractivity contribution is -0.135. The van der Waals surface area contributed by atoms with Gasteiger partial charge in [0.2, 0.25) is 9.84 Å². The van der Waals surface area contributed by atoms with E-state index >= 15 is 0 Å². The molecule has 0 aromatic heterocycles. The number of esters is 1. The summed E-state index contributed by atoms with van der Waals surface area (Å²) < 4.78 is 27.9. The smallest absolute Gasteiger partial charge is 0.350 e. The van der Waals surface area contributed by atoms with Gasteiger partial charge in [0.1, 0.15) is 5.75 Å². The van der Waals surface area contributed by atoms with Crippen molar-refractivity contribution in [2.24, 2.45) is 0 Å². The molecule has 18 heavy (non-hydrogen) atoms. The van der Waals surface area contributed by atoms with Crippen molar-refractivity contribution in [1.82, 2.24) is 0 Å². The van der Waals surface area contributed by atoms with Crippen LogP contribution in [-0.4, -0.2) is 26.6 Å². The highest BCUT2D eigenvalue weighted by Gasteiger charge is 2.31. The molecule has 0 saturated heterocycles. The van der Waals surface area contributed by atoms with Crippen LogP contribution in [0.15, 0.2) is 40.7 Å².